The Kier molecular flexibility index (Phi) is 6.89. The largest absolute Gasteiger partial charge is 0.416 e. The number of sulfone groups is 1. The maximum atomic E-state index is 13.4. The van der Waals surface area contributed by atoms with Crippen LogP contribution >= 0.6 is 0 Å². The van der Waals surface area contributed by atoms with E-state index in [1.165, 1.54) is 6.07 Å². The van der Waals surface area contributed by atoms with Gasteiger partial charge in [0.15, 0.2) is 14.9 Å². The Bertz CT molecular complexity index is 1200. The van der Waals surface area contributed by atoms with Gasteiger partial charge in [-0.05, 0) is 37.5 Å². The van der Waals surface area contributed by atoms with Crippen molar-refractivity contribution >= 4 is 25.5 Å². The summed E-state index contributed by atoms with van der Waals surface area (Å²) in [4.78, 5) is 0. The molecule has 4 rings (SSSR count). The van der Waals surface area contributed by atoms with E-state index in [1.807, 2.05) is 18.2 Å². The molecule has 2 heterocycles. The summed E-state index contributed by atoms with van der Waals surface area (Å²) in [5.41, 5.74) is 0.195. The number of rotatable bonds is 6. The second kappa shape index (κ2) is 9.29. The summed E-state index contributed by atoms with van der Waals surface area (Å²) in [6.07, 6.45) is 5.00. The second-order valence-electron chi connectivity index (χ2n) is 9.11. The fourth-order valence-electron chi connectivity index (χ4n) is 4.95. The summed E-state index contributed by atoms with van der Waals surface area (Å²) in [5, 5.41) is 2.39. The highest BCUT2D eigenvalue weighted by atomic mass is 32.3. The lowest BCUT2D eigenvalue weighted by atomic mass is 9.73. The molecule has 188 valence electrons. The molecular weight excluding hydrogens is 493 g/mol. The molecule has 2 aliphatic heterocycles. The van der Waals surface area contributed by atoms with Gasteiger partial charge in [0.05, 0.1) is 17.8 Å². The number of nitrogens with one attached hydrogen (secondary N) is 2. The third-order valence-electron chi connectivity index (χ3n) is 6.39. The van der Waals surface area contributed by atoms with Crippen molar-refractivity contribution in [1.82, 2.24) is 4.72 Å². The number of alkyl halides is 3. The first-order valence-electron chi connectivity index (χ1n) is 10.9. The van der Waals surface area contributed by atoms with Gasteiger partial charge < -0.3 is 10.1 Å². The van der Waals surface area contributed by atoms with Gasteiger partial charge in [-0.1, -0.05) is 24.3 Å². The first kappa shape index (κ1) is 25.2. The van der Waals surface area contributed by atoms with Crippen LogP contribution in [0.15, 0.2) is 42.5 Å². The van der Waals surface area contributed by atoms with Crippen molar-refractivity contribution in [2.75, 3.05) is 23.2 Å². The smallest absolute Gasteiger partial charge is 0.381 e. The Morgan fingerprint density at radius 3 is 2.56 bits per heavy atom. The van der Waals surface area contributed by atoms with Crippen LogP contribution in [-0.2, 0) is 30.8 Å². The number of sulfonamides is 1. The van der Waals surface area contributed by atoms with Gasteiger partial charge in [-0.25, -0.2) is 21.6 Å². The highest BCUT2D eigenvalue weighted by molar-refractivity contribution is 8.06. The average molecular weight is 521 g/mol. The van der Waals surface area contributed by atoms with Crippen LogP contribution in [0.2, 0.25) is 0 Å². The zero-order chi connectivity index (χ0) is 24.7. The minimum atomic E-state index is -4.51. The zero-order valence-corrected chi connectivity index (χ0v) is 20.1. The molecule has 34 heavy (non-hydrogen) atoms. The molecule has 1 aromatic carbocycles. The van der Waals surface area contributed by atoms with Crippen LogP contribution < -0.4 is 10.0 Å². The summed E-state index contributed by atoms with van der Waals surface area (Å²) in [6.45, 7) is -0.153. The quantitative estimate of drug-likeness (QED) is 0.596. The minimum Gasteiger partial charge on any atom is -0.381 e. The van der Waals surface area contributed by atoms with Crippen LogP contribution in [0.5, 0.6) is 0 Å². The van der Waals surface area contributed by atoms with Crippen LogP contribution in [0.4, 0.5) is 18.9 Å². The summed E-state index contributed by atoms with van der Waals surface area (Å²) in [5.74, 6) is 0.0300. The lowest BCUT2D eigenvalue weighted by Gasteiger charge is -2.47. The van der Waals surface area contributed by atoms with Crippen molar-refractivity contribution < 1.29 is 34.7 Å². The van der Waals surface area contributed by atoms with Crippen molar-refractivity contribution in [3.63, 3.8) is 0 Å². The highest BCUT2D eigenvalue weighted by Crippen LogP contribution is 2.49. The van der Waals surface area contributed by atoms with Crippen molar-refractivity contribution in [2.24, 2.45) is 11.8 Å². The molecular formula is C22H27F3N2O5S2. The van der Waals surface area contributed by atoms with Crippen molar-refractivity contribution in [1.29, 1.82) is 0 Å². The Balaban J connectivity index is 1.59. The van der Waals surface area contributed by atoms with Gasteiger partial charge in [-0.3, -0.25) is 0 Å². The normalized spacial score (nSPS) is 29.2. The van der Waals surface area contributed by atoms with E-state index in [2.05, 4.69) is 16.1 Å². The molecule has 5 atom stereocenters. The molecule has 0 spiro atoms. The fourth-order valence-corrected chi connectivity index (χ4v) is 7.98. The Morgan fingerprint density at radius 2 is 1.91 bits per heavy atom. The molecule has 2 N–H and O–H groups in total. The number of benzene rings is 1. The van der Waals surface area contributed by atoms with Gasteiger partial charge in [0.25, 0.3) is 0 Å². The van der Waals surface area contributed by atoms with Gasteiger partial charge >= 0.3 is 6.18 Å². The Hall–Kier alpha value is -1.89. The topological polar surface area (TPSA) is 102 Å². The molecule has 0 amide bonds. The monoisotopic (exact) mass is 520 g/mol. The number of hydrogen-bond donors (Lipinski definition) is 2. The van der Waals surface area contributed by atoms with Gasteiger partial charge in [0.2, 0.25) is 10.0 Å². The fraction of sp³-hybridized carbons (Fsp3) is 0.545. The van der Waals surface area contributed by atoms with Gasteiger partial charge in [0.1, 0.15) is 0 Å². The van der Waals surface area contributed by atoms with E-state index in [9.17, 15) is 30.0 Å². The maximum absolute atomic E-state index is 13.4. The molecule has 1 aromatic rings. The molecule has 12 heteroatoms. The van der Waals surface area contributed by atoms with Crippen LogP contribution in [0.1, 0.15) is 36.5 Å². The van der Waals surface area contributed by atoms with E-state index in [0.717, 1.165) is 24.8 Å². The zero-order valence-electron chi connectivity index (χ0n) is 18.5. The molecule has 1 saturated heterocycles. The second-order valence-corrected chi connectivity index (χ2v) is 13.4. The summed E-state index contributed by atoms with van der Waals surface area (Å²) >= 11 is 0. The summed E-state index contributed by atoms with van der Waals surface area (Å²) in [7, 11) is -7.83. The number of fused-ring (bicyclic) bond motifs is 3. The molecule has 0 aromatic heterocycles. The standard InChI is InChI=1S/C22H27F3N2O5S2/c1-33(28,29)13-34(30,31)26-12-16-8-9-17-20(14-5-3-2-4-6-14)27-19-10-7-15(22(23,24)25)11-18(19)21(17)32-16/h2-5,7,10-11,14,16-17,20-21,26-27H,6,8-9,12-13H2,1H3/t14?,16-,17+,20+,21+/m1/s1. The number of hydrogen-bond acceptors (Lipinski definition) is 6. The summed E-state index contributed by atoms with van der Waals surface area (Å²) in [6, 6.07) is 3.51. The van der Waals surface area contributed by atoms with Crippen molar-refractivity contribution in [3.05, 3.63) is 53.6 Å². The molecule has 1 fully saturated rings. The molecule has 0 radical (unpaired) electrons. The number of allylic oxidation sites excluding steroid dienone is 3. The van der Waals surface area contributed by atoms with Crippen molar-refractivity contribution in [3.8, 4) is 0 Å². The molecule has 3 aliphatic rings. The van der Waals surface area contributed by atoms with Crippen LogP contribution in [-0.4, -0.2) is 46.9 Å². The lowest BCUT2D eigenvalue weighted by Crippen LogP contribution is -2.48. The van der Waals surface area contributed by atoms with E-state index in [4.69, 9.17) is 4.74 Å². The predicted octanol–water partition coefficient (Wildman–Crippen LogP) is 3.39. The van der Waals surface area contributed by atoms with Gasteiger partial charge in [0, 0.05) is 41.9 Å². The molecule has 7 nitrogen and oxygen atoms in total. The predicted molar refractivity (Wildman–Crippen MR) is 122 cm³/mol. The average Bonchev–Trinajstić information content (AvgIpc) is 2.75. The Labute approximate surface area is 197 Å². The minimum absolute atomic E-state index is 0.0571. The maximum Gasteiger partial charge on any atom is 0.416 e. The highest BCUT2D eigenvalue weighted by Gasteiger charge is 2.45. The Morgan fingerprint density at radius 1 is 1.15 bits per heavy atom. The van der Waals surface area contributed by atoms with Gasteiger partial charge in [-0.15, -0.1) is 0 Å². The third-order valence-corrected chi connectivity index (χ3v) is 9.95. The van der Waals surface area contributed by atoms with E-state index in [-0.39, 0.29) is 24.4 Å². The van der Waals surface area contributed by atoms with E-state index < -0.39 is 48.9 Å². The number of ether oxygens (including phenoxy) is 1. The first-order chi connectivity index (χ1) is 15.8. The summed E-state index contributed by atoms with van der Waals surface area (Å²) < 4.78 is 95.6. The first-order valence-corrected chi connectivity index (χ1v) is 14.7. The van der Waals surface area contributed by atoms with E-state index in [1.54, 1.807) is 0 Å². The number of anilines is 1. The van der Waals surface area contributed by atoms with Crippen LogP contribution in [0, 0.1) is 11.8 Å². The molecule has 1 unspecified atom stereocenters. The van der Waals surface area contributed by atoms with Gasteiger partial charge in [-0.2, -0.15) is 13.2 Å². The molecule has 0 bridgehead atoms. The van der Waals surface area contributed by atoms with Crippen LogP contribution in [0.25, 0.3) is 0 Å². The van der Waals surface area contributed by atoms with Crippen LogP contribution in [0.3, 0.4) is 0 Å². The molecule has 0 saturated carbocycles. The van der Waals surface area contributed by atoms with Crippen molar-refractivity contribution in [2.45, 2.75) is 43.7 Å². The van der Waals surface area contributed by atoms with E-state index >= 15 is 0 Å². The lowest BCUT2D eigenvalue weighted by molar-refractivity contribution is -0.138. The SMILES string of the molecule is CS(=O)(=O)CS(=O)(=O)NC[C@H]1CC[C@@H]2[C@H](O1)c1cc(C(F)(F)F)ccc1N[C@H]2C1C=CC=CC1. The van der Waals surface area contributed by atoms with E-state index in [0.29, 0.717) is 24.1 Å². The molecule has 1 aliphatic carbocycles. The third kappa shape index (κ3) is 5.84. The number of halogens is 3.